The Morgan fingerprint density at radius 2 is 1.85 bits per heavy atom. The number of nitrogens with one attached hydrogen (secondary N) is 3. The number of carbonyl (C=O) groups excluding carboxylic acids is 3. The number of benzene rings is 1. The molecule has 0 bridgehead atoms. The Balaban J connectivity index is 1.24. The van der Waals surface area contributed by atoms with Gasteiger partial charge in [0.05, 0.1) is 23.0 Å². The molecule has 0 saturated heterocycles. The maximum atomic E-state index is 13.4. The Bertz CT molecular complexity index is 1600. The zero-order valence-corrected chi connectivity index (χ0v) is 22.2. The number of hydrogen-bond donors (Lipinski definition) is 3. The van der Waals surface area contributed by atoms with Gasteiger partial charge in [0.1, 0.15) is 27.0 Å². The highest BCUT2D eigenvalue weighted by Crippen LogP contribution is 2.45. The van der Waals surface area contributed by atoms with Gasteiger partial charge in [-0.25, -0.2) is 19.7 Å². The van der Waals surface area contributed by atoms with Crippen LogP contribution in [0.25, 0.3) is 10.2 Å². The van der Waals surface area contributed by atoms with Crippen LogP contribution in [0.1, 0.15) is 35.4 Å². The molecule has 4 aromatic rings. The zero-order chi connectivity index (χ0) is 27.6. The van der Waals surface area contributed by atoms with Gasteiger partial charge in [0.25, 0.3) is 5.91 Å². The SMILES string of the molecule is C=CC(=O)NC1CCCC(NC(=O)c2sc3nccc4c3c2NC(=O)N4c2ccc(Oc3ccccc3)cn2)C1. The minimum Gasteiger partial charge on any atom is -0.456 e. The third kappa shape index (κ3) is 4.98. The maximum absolute atomic E-state index is 13.4. The van der Waals surface area contributed by atoms with Gasteiger partial charge in [-0.1, -0.05) is 24.8 Å². The number of pyridine rings is 2. The molecule has 3 N–H and O–H groups in total. The minimum absolute atomic E-state index is 0.0242. The zero-order valence-electron chi connectivity index (χ0n) is 21.4. The summed E-state index contributed by atoms with van der Waals surface area (Å²) >= 11 is 1.23. The van der Waals surface area contributed by atoms with Gasteiger partial charge >= 0.3 is 6.03 Å². The van der Waals surface area contributed by atoms with E-state index < -0.39 is 6.03 Å². The molecule has 4 heterocycles. The molecule has 2 atom stereocenters. The van der Waals surface area contributed by atoms with Crippen LogP contribution in [0.15, 0.2) is 73.6 Å². The van der Waals surface area contributed by atoms with Crippen LogP contribution in [0, 0.1) is 0 Å². The number of ether oxygens (including phenoxy) is 1. The van der Waals surface area contributed by atoms with Crippen molar-refractivity contribution in [2.45, 2.75) is 37.8 Å². The molecule has 3 aromatic heterocycles. The average molecular weight is 555 g/mol. The summed E-state index contributed by atoms with van der Waals surface area (Å²) < 4.78 is 5.83. The van der Waals surface area contributed by atoms with Gasteiger partial charge in [-0.05, 0) is 62.1 Å². The van der Waals surface area contributed by atoms with E-state index in [1.54, 1.807) is 30.6 Å². The fourth-order valence-electron chi connectivity index (χ4n) is 5.12. The van der Waals surface area contributed by atoms with Crippen molar-refractivity contribution in [1.82, 2.24) is 20.6 Å². The van der Waals surface area contributed by atoms with E-state index >= 15 is 0 Å². The van der Waals surface area contributed by atoms with Crippen LogP contribution in [-0.2, 0) is 4.79 Å². The average Bonchev–Trinajstić information content (AvgIpc) is 3.34. The molecule has 1 aliphatic heterocycles. The summed E-state index contributed by atoms with van der Waals surface area (Å²) in [5.74, 6) is 1.13. The number of anilines is 3. The molecule has 2 unspecified atom stereocenters. The van der Waals surface area contributed by atoms with Crippen LogP contribution < -0.4 is 25.6 Å². The fourth-order valence-corrected chi connectivity index (χ4v) is 6.15. The Morgan fingerprint density at radius 3 is 2.60 bits per heavy atom. The summed E-state index contributed by atoms with van der Waals surface area (Å²) in [6.45, 7) is 3.50. The summed E-state index contributed by atoms with van der Waals surface area (Å²) in [4.78, 5) is 49.9. The number of para-hydroxylation sites is 1. The van der Waals surface area contributed by atoms with E-state index in [2.05, 4.69) is 32.5 Å². The normalized spacial score (nSPS) is 18.1. The first-order valence-corrected chi connectivity index (χ1v) is 13.8. The van der Waals surface area contributed by atoms with Crippen molar-refractivity contribution in [2.24, 2.45) is 0 Å². The van der Waals surface area contributed by atoms with Gasteiger partial charge in [0.2, 0.25) is 5.91 Å². The smallest absolute Gasteiger partial charge is 0.332 e. The Hall–Kier alpha value is -4.77. The first kappa shape index (κ1) is 25.5. The standard InChI is InChI=1S/C29H26N6O4S/c1-2-23(36)32-17-7-6-8-18(15-17)33-27(37)26-25-24-21(13-14-30-28(24)40-26)35(29(38)34-25)22-12-11-20(16-31-22)39-19-9-4-3-5-10-19/h2-5,9-14,16-18H,1,6-8,15H2,(H,32,36)(H,33,37)(H,34,38). The highest BCUT2D eigenvalue weighted by molar-refractivity contribution is 7.21. The van der Waals surface area contributed by atoms with E-state index in [1.165, 1.54) is 22.3 Å². The molecule has 1 fully saturated rings. The predicted molar refractivity (Wildman–Crippen MR) is 153 cm³/mol. The summed E-state index contributed by atoms with van der Waals surface area (Å²) in [6.07, 6.45) is 7.61. The third-order valence-corrected chi connectivity index (χ3v) is 8.02. The summed E-state index contributed by atoms with van der Waals surface area (Å²) in [5, 5.41) is 9.59. The van der Waals surface area contributed by atoms with Crippen molar-refractivity contribution in [3.05, 3.63) is 78.5 Å². The largest absolute Gasteiger partial charge is 0.456 e. The quantitative estimate of drug-likeness (QED) is 0.259. The second-order valence-electron chi connectivity index (χ2n) is 9.60. The van der Waals surface area contributed by atoms with Crippen LogP contribution >= 0.6 is 11.3 Å². The molecule has 1 aliphatic carbocycles. The lowest BCUT2D eigenvalue weighted by Crippen LogP contribution is -2.45. The fraction of sp³-hybridized carbons (Fsp3) is 0.207. The van der Waals surface area contributed by atoms with E-state index in [9.17, 15) is 14.4 Å². The number of rotatable bonds is 7. The number of thiophene rings is 1. The molecular weight excluding hydrogens is 528 g/mol. The number of aromatic nitrogens is 2. The van der Waals surface area contributed by atoms with Crippen LogP contribution in [0.3, 0.4) is 0 Å². The minimum atomic E-state index is -0.429. The molecule has 40 heavy (non-hydrogen) atoms. The van der Waals surface area contributed by atoms with Gasteiger partial charge in [-0.2, -0.15) is 0 Å². The molecular formula is C29H26N6O4S. The van der Waals surface area contributed by atoms with Gasteiger partial charge in [0, 0.05) is 18.3 Å². The van der Waals surface area contributed by atoms with Gasteiger partial charge in [0.15, 0.2) is 0 Å². The molecule has 2 aliphatic rings. The van der Waals surface area contributed by atoms with Crippen molar-refractivity contribution < 1.29 is 19.1 Å². The topological polar surface area (TPSA) is 126 Å². The van der Waals surface area contributed by atoms with Crippen LogP contribution in [0.4, 0.5) is 22.0 Å². The molecule has 0 spiro atoms. The van der Waals surface area contributed by atoms with Crippen molar-refractivity contribution in [2.75, 3.05) is 10.2 Å². The second kappa shape index (κ2) is 10.8. The van der Waals surface area contributed by atoms with E-state index in [1.807, 2.05) is 30.3 Å². The summed E-state index contributed by atoms with van der Waals surface area (Å²) in [5.41, 5.74) is 1.03. The molecule has 0 radical (unpaired) electrons. The molecule has 4 amide bonds. The number of hydrogen-bond acceptors (Lipinski definition) is 7. The molecule has 202 valence electrons. The molecule has 6 rings (SSSR count). The first-order valence-electron chi connectivity index (χ1n) is 13.0. The van der Waals surface area contributed by atoms with E-state index in [4.69, 9.17) is 4.74 Å². The van der Waals surface area contributed by atoms with Crippen LogP contribution in [-0.4, -0.2) is 39.9 Å². The lowest BCUT2D eigenvalue weighted by Gasteiger charge is -2.30. The summed E-state index contributed by atoms with van der Waals surface area (Å²) in [7, 11) is 0. The highest BCUT2D eigenvalue weighted by Gasteiger charge is 2.34. The Kier molecular flexibility index (Phi) is 6.87. The Labute approximate surface area is 234 Å². The van der Waals surface area contributed by atoms with Gasteiger partial charge in [-0.3, -0.25) is 9.59 Å². The number of urea groups is 1. The van der Waals surface area contributed by atoms with Crippen molar-refractivity contribution >= 4 is 56.6 Å². The molecule has 1 aromatic carbocycles. The number of nitrogens with zero attached hydrogens (tertiary/aromatic N) is 3. The van der Waals surface area contributed by atoms with Crippen molar-refractivity contribution in [1.29, 1.82) is 0 Å². The van der Waals surface area contributed by atoms with E-state index in [0.717, 1.165) is 19.3 Å². The Morgan fingerprint density at radius 1 is 1.05 bits per heavy atom. The number of carbonyl (C=O) groups is 3. The summed E-state index contributed by atoms with van der Waals surface area (Å²) in [6, 6.07) is 14.0. The first-order chi connectivity index (χ1) is 19.5. The molecule has 11 heteroatoms. The molecule has 1 saturated carbocycles. The van der Waals surface area contributed by atoms with Gasteiger partial charge in [-0.15, -0.1) is 11.3 Å². The van der Waals surface area contributed by atoms with Gasteiger partial charge < -0.3 is 20.7 Å². The highest BCUT2D eigenvalue weighted by atomic mass is 32.1. The maximum Gasteiger partial charge on any atom is 0.332 e. The lowest BCUT2D eigenvalue weighted by atomic mass is 9.91. The number of amides is 4. The predicted octanol–water partition coefficient (Wildman–Crippen LogP) is 5.51. The molecule has 10 nitrogen and oxygen atoms in total. The van der Waals surface area contributed by atoms with E-state index in [0.29, 0.717) is 50.2 Å². The van der Waals surface area contributed by atoms with Crippen molar-refractivity contribution in [3.8, 4) is 11.5 Å². The second-order valence-corrected chi connectivity index (χ2v) is 10.6. The monoisotopic (exact) mass is 554 g/mol. The van der Waals surface area contributed by atoms with Crippen molar-refractivity contribution in [3.63, 3.8) is 0 Å². The van der Waals surface area contributed by atoms with E-state index in [-0.39, 0.29) is 23.9 Å². The lowest BCUT2D eigenvalue weighted by molar-refractivity contribution is -0.117. The third-order valence-electron chi connectivity index (χ3n) is 6.92. The van der Waals surface area contributed by atoms with Crippen LogP contribution in [0.2, 0.25) is 0 Å². The van der Waals surface area contributed by atoms with Crippen LogP contribution in [0.5, 0.6) is 11.5 Å².